The van der Waals surface area contributed by atoms with E-state index in [9.17, 15) is 0 Å². The molecule has 0 aliphatic carbocycles. The number of rotatable bonds is 30. The quantitative estimate of drug-likeness (QED) is 0.0443. The van der Waals surface area contributed by atoms with E-state index in [2.05, 4.69) is 154 Å². The van der Waals surface area contributed by atoms with Gasteiger partial charge in [-0.1, -0.05) is 0 Å². The van der Waals surface area contributed by atoms with Crippen LogP contribution in [0.4, 0.5) is 0 Å². The summed E-state index contributed by atoms with van der Waals surface area (Å²) in [6.07, 6.45) is 19.1. The molecular formula is C43H74Br4O3P2Ti. The van der Waals surface area contributed by atoms with Crippen molar-refractivity contribution in [1.29, 1.82) is 0 Å². The molecule has 2 aromatic carbocycles. The Morgan fingerprint density at radius 3 is 1.51 bits per heavy atom. The molecule has 0 heterocycles. The molecule has 0 aromatic heterocycles. The van der Waals surface area contributed by atoms with Crippen molar-refractivity contribution < 1.29 is 26.8 Å². The molecular weight excluding hydrogens is 994 g/mol. The van der Waals surface area contributed by atoms with Gasteiger partial charge in [0.25, 0.3) is 0 Å². The number of unbranched alkanes of at least 4 members (excludes halogenated alkanes) is 9. The van der Waals surface area contributed by atoms with Crippen molar-refractivity contribution in [1.82, 2.24) is 0 Å². The Kier molecular flexibility index (Phi) is 24.1. The van der Waals surface area contributed by atoms with Crippen molar-refractivity contribution in [3.05, 3.63) is 54.3 Å². The SMILES string of the molecule is CCCCCC[P](Oc1ccc(Br)cc1Br)[Ti]([CH3])([CH2]CCCCC(C)C)([CH2]COCC)([CH](C)CCCC)[P](CCCCCC)Oc1ccc(Br)cc1Br. The summed E-state index contributed by atoms with van der Waals surface area (Å²) >= 11 is 10.7. The molecule has 3 nitrogen and oxygen atoms in total. The topological polar surface area (TPSA) is 27.7 Å². The normalized spacial score (nSPS) is 15.2. The maximum atomic E-state index is 7.92. The predicted molar refractivity (Wildman–Crippen MR) is 251 cm³/mol. The van der Waals surface area contributed by atoms with E-state index in [-0.39, 0.29) is 0 Å². The molecule has 0 saturated heterocycles. The van der Waals surface area contributed by atoms with Crippen LogP contribution in [0.1, 0.15) is 145 Å². The van der Waals surface area contributed by atoms with Crippen molar-refractivity contribution in [2.75, 3.05) is 25.5 Å². The molecule has 53 heavy (non-hydrogen) atoms. The third kappa shape index (κ3) is 14.0. The molecule has 2 aromatic rings. The second-order valence-electron chi connectivity index (χ2n) is 16.7. The van der Waals surface area contributed by atoms with E-state index in [0.717, 1.165) is 65.6 Å². The molecule has 0 aliphatic heterocycles. The summed E-state index contributed by atoms with van der Waals surface area (Å²) in [5, 5.41) is 2.93. The zero-order valence-corrected chi connectivity index (χ0v) is 44.3. The van der Waals surface area contributed by atoms with Gasteiger partial charge < -0.3 is 0 Å². The van der Waals surface area contributed by atoms with Gasteiger partial charge in [0.2, 0.25) is 0 Å². The standard InChI is InChI=1S/2C12H16Br2OP.C8H17.C6H13.C4H9O.CH3.Ti/c2*1-2-3-4-5-8-16-15-12-7-6-10(13)9-11(12)14;1-4-5-6-7-8(2)3;1-3-5-6-4-2;1-3-5-4-2;;/h2*6-7,9H,2-5,8H2,1H3;8H,1,4-7H2,2-3H3;3H,4-6H2,1-2H3;1,3-4H2,2H3;1H3;/q2*-1;;;;;+2. The average Bonchev–Trinajstić information content (AvgIpc) is 3.11. The van der Waals surface area contributed by atoms with E-state index in [1.165, 1.54) is 101 Å². The molecule has 2 rings (SSSR count). The summed E-state index contributed by atoms with van der Waals surface area (Å²) in [7, 11) is 0. The van der Waals surface area contributed by atoms with Gasteiger partial charge in [-0.25, -0.2) is 0 Å². The molecule has 3 atom stereocenters. The predicted octanol–water partition coefficient (Wildman–Crippen LogP) is 19.3. The van der Waals surface area contributed by atoms with Gasteiger partial charge in [0, 0.05) is 0 Å². The van der Waals surface area contributed by atoms with E-state index in [1.54, 1.807) is 0 Å². The van der Waals surface area contributed by atoms with Gasteiger partial charge in [0.05, 0.1) is 0 Å². The zero-order valence-electron chi connectivity index (χ0n) is 34.6. The van der Waals surface area contributed by atoms with Gasteiger partial charge in [-0.15, -0.1) is 0 Å². The molecule has 0 N–H and O–H groups in total. The zero-order chi connectivity index (χ0) is 39.4. The molecule has 10 heteroatoms. The second-order valence-corrected chi connectivity index (χ2v) is 54.8. The third-order valence-electron chi connectivity index (χ3n) is 12.5. The number of hydrogen-bond acceptors (Lipinski definition) is 3. The van der Waals surface area contributed by atoms with Crippen LogP contribution in [0, 0.1) is 5.92 Å². The van der Waals surface area contributed by atoms with Crippen LogP contribution in [0.25, 0.3) is 0 Å². The Balaban J connectivity index is 3.15. The van der Waals surface area contributed by atoms with E-state index in [1.807, 2.05) is 0 Å². The number of hydrogen-bond donors (Lipinski definition) is 0. The van der Waals surface area contributed by atoms with Gasteiger partial charge in [-0.3, -0.25) is 0 Å². The van der Waals surface area contributed by atoms with Crippen LogP contribution in [-0.2, 0) is 17.7 Å². The van der Waals surface area contributed by atoms with Crippen LogP contribution in [0.5, 0.6) is 11.5 Å². The van der Waals surface area contributed by atoms with Gasteiger partial charge >= 0.3 is 364 Å². The summed E-state index contributed by atoms with van der Waals surface area (Å²) in [5.74, 6) is 2.72. The molecule has 306 valence electrons. The molecule has 0 spiro atoms. The Hall–Kier alpha value is 1.49. The van der Waals surface area contributed by atoms with Gasteiger partial charge in [-0.2, -0.15) is 0 Å². The molecule has 3 unspecified atom stereocenters. The molecule has 0 amide bonds. The number of halogens is 4. The minimum absolute atomic E-state index is 0.526. The molecule has 0 aliphatic rings. The molecule has 0 saturated carbocycles. The van der Waals surface area contributed by atoms with Crippen LogP contribution in [0.2, 0.25) is 18.9 Å². The van der Waals surface area contributed by atoms with E-state index in [0.29, 0.717) is 4.22 Å². The van der Waals surface area contributed by atoms with Crippen molar-refractivity contribution in [3.63, 3.8) is 0 Å². The van der Waals surface area contributed by atoms with Crippen molar-refractivity contribution in [2.24, 2.45) is 5.92 Å². The Bertz CT molecular complexity index is 1280. The van der Waals surface area contributed by atoms with Crippen LogP contribution in [-0.4, -0.2) is 25.5 Å². The molecule has 0 bridgehead atoms. The van der Waals surface area contributed by atoms with Crippen LogP contribution in [0.15, 0.2) is 54.3 Å². The van der Waals surface area contributed by atoms with Crippen LogP contribution < -0.4 is 9.05 Å². The Labute approximate surface area is 360 Å². The third-order valence-corrected chi connectivity index (χ3v) is 63.6. The second kappa shape index (κ2) is 25.2. The fourth-order valence-corrected chi connectivity index (χ4v) is 57.3. The first-order valence-electron chi connectivity index (χ1n) is 21.0. The van der Waals surface area contributed by atoms with Crippen molar-refractivity contribution in [3.8, 4) is 11.5 Å². The molecule has 0 radical (unpaired) electrons. The van der Waals surface area contributed by atoms with Gasteiger partial charge in [-0.05, 0) is 0 Å². The summed E-state index contributed by atoms with van der Waals surface area (Å²) < 4.78 is 29.5. The first kappa shape index (κ1) is 50.6. The minimum atomic E-state index is -4.77. The van der Waals surface area contributed by atoms with E-state index < -0.39 is 25.3 Å². The summed E-state index contributed by atoms with van der Waals surface area (Å²) in [6, 6.07) is 13.1. The first-order valence-corrected chi connectivity index (χ1v) is 36.0. The first-order chi connectivity index (χ1) is 25.3. The van der Waals surface area contributed by atoms with E-state index in [4.69, 9.17) is 13.8 Å². The van der Waals surface area contributed by atoms with Crippen LogP contribution in [0.3, 0.4) is 0 Å². The Morgan fingerprint density at radius 1 is 0.585 bits per heavy atom. The number of ether oxygens (including phenoxy) is 1. The van der Waals surface area contributed by atoms with Crippen LogP contribution >= 0.6 is 76.0 Å². The fraction of sp³-hybridized carbons (Fsp3) is 0.721. The van der Waals surface area contributed by atoms with Crippen molar-refractivity contribution >= 4 is 76.0 Å². The molecule has 0 fully saturated rings. The maximum absolute atomic E-state index is 7.92. The van der Waals surface area contributed by atoms with Gasteiger partial charge in [0.1, 0.15) is 0 Å². The Morgan fingerprint density at radius 2 is 1.08 bits per heavy atom. The summed E-state index contributed by atoms with van der Waals surface area (Å²) in [5.41, 5.74) is 0. The number of benzene rings is 2. The average molecular weight is 1070 g/mol. The fourth-order valence-electron chi connectivity index (χ4n) is 8.55. The van der Waals surface area contributed by atoms with Crippen molar-refractivity contribution in [2.45, 2.75) is 164 Å². The monoisotopic (exact) mass is 1060 g/mol. The van der Waals surface area contributed by atoms with Gasteiger partial charge in [0.15, 0.2) is 0 Å². The summed E-state index contributed by atoms with van der Waals surface area (Å²) in [6.45, 7) is 18.2. The summed E-state index contributed by atoms with van der Waals surface area (Å²) in [4.78, 5) is 0. The van der Waals surface area contributed by atoms with E-state index >= 15 is 0 Å².